The van der Waals surface area contributed by atoms with Crippen LogP contribution < -0.4 is 4.90 Å². The van der Waals surface area contributed by atoms with Gasteiger partial charge in [-0.15, -0.1) is 0 Å². The molecule has 0 radical (unpaired) electrons. The molecule has 1 aromatic rings. The van der Waals surface area contributed by atoms with Crippen molar-refractivity contribution in [3.05, 3.63) is 17.4 Å². The first kappa shape index (κ1) is 8.80. The molecule has 2 aliphatic rings. The second kappa shape index (κ2) is 3.28. The van der Waals surface area contributed by atoms with E-state index in [0.29, 0.717) is 11.1 Å². The summed E-state index contributed by atoms with van der Waals surface area (Å²) in [5.74, 6) is 2.05. The van der Waals surface area contributed by atoms with E-state index >= 15 is 0 Å². The molecule has 2 fully saturated rings. The average molecular weight is 228 g/mol. The number of fused-ring (bicyclic) bond motifs is 2. The first-order chi connectivity index (χ1) is 6.83. The average Bonchev–Trinajstić information content (AvgIpc) is 2.80. The molecule has 5 heteroatoms. The van der Waals surface area contributed by atoms with Crippen molar-refractivity contribution in [3.63, 3.8) is 0 Å². The SMILES string of the molecule is Clc1cnc(N2C[C@H]3C[C@H]2CS3)nc1. The highest BCUT2D eigenvalue weighted by Gasteiger charge is 2.39. The van der Waals surface area contributed by atoms with Gasteiger partial charge in [-0.1, -0.05) is 11.6 Å². The summed E-state index contributed by atoms with van der Waals surface area (Å²) in [5, 5.41) is 1.40. The molecule has 3 heterocycles. The Hall–Kier alpha value is -0.480. The van der Waals surface area contributed by atoms with Gasteiger partial charge in [0.1, 0.15) is 0 Å². The molecular weight excluding hydrogens is 218 g/mol. The van der Waals surface area contributed by atoms with Crippen molar-refractivity contribution in [1.82, 2.24) is 9.97 Å². The molecule has 2 aliphatic heterocycles. The highest BCUT2D eigenvalue weighted by atomic mass is 35.5. The van der Waals surface area contributed by atoms with Crippen LogP contribution in [0.2, 0.25) is 5.02 Å². The van der Waals surface area contributed by atoms with Gasteiger partial charge in [0.05, 0.1) is 17.4 Å². The van der Waals surface area contributed by atoms with Crippen LogP contribution in [0.1, 0.15) is 6.42 Å². The minimum atomic E-state index is 0.604. The van der Waals surface area contributed by atoms with Crippen LogP contribution in [-0.2, 0) is 0 Å². The first-order valence-corrected chi connectivity index (χ1v) is 6.11. The van der Waals surface area contributed by atoms with Crippen molar-refractivity contribution >= 4 is 29.3 Å². The molecule has 0 saturated carbocycles. The number of hydrogen-bond acceptors (Lipinski definition) is 4. The fourth-order valence-electron chi connectivity index (χ4n) is 2.10. The molecule has 2 bridgehead atoms. The number of hydrogen-bond donors (Lipinski definition) is 0. The van der Waals surface area contributed by atoms with E-state index in [1.54, 1.807) is 12.4 Å². The van der Waals surface area contributed by atoms with Gasteiger partial charge in [-0.3, -0.25) is 0 Å². The van der Waals surface area contributed by atoms with Crippen LogP contribution in [-0.4, -0.2) is 33.6 Å². The molecule has 0 aromatic carbocycles. The van der Waals surface area contributed by atoms with Crippen molar-refractivity contribution in [3.8, 4) is 0 Å². The van der Waals surface area contributed by atoms with Crippen LogP contribution in [0.5, 0.6) is 0 Å². The van der Waals surface area contributed by atoms with Crippen LogP contribution in [0, 0.1) is 0 Å². The number of nitrogens with zero attached hydrogens (tertiary/aromatic N) is 3. The third-order valence-electron chi connectivity index (χ3n) is 2.76. The van der Waals surface area contributed by atoms with E-state index in [2.05, 4.69) is 26.6 Å². The maximum Gasteiger partial charge on any atom is 0.225 e. The second-order valence-corrected chi connectivity index (χ2v) is 5.47. The van der Waals surface area contributed by atoms with E-state index in [9.17, 15) is 0 Å². The van der Waals surface area contributed by atoms with E-state index < -0.39 is 0 Å². The highest BCUT2D eigenvalue weighted by Crippen LogP contribution is 2.38. The summed E-state index contributed by atoms with van der Waals surface area (Å²) in [4.78, 5) is 10.8. The molecule has 0 spiro atoms. The predicted octanol–water partition coefficient (Wildman–Crippen LogP) is 1.82. The second-order valence-electron chi connectivity index (χ2n) is 3.70. The Morgan fingerprint density at radius 1 is 1.43 bits per heavy atom. The van der Waals surface area contributed by atoms with Crippen molar-refractivity contribution in [2.75, 3.05) is 17.2 Å². The lowest BCUT2D eigenvalue weighted by Crippen LogP contribution is -2.35. The Morgan fingerprint density at radius 3 is 2.79 bits per heavy atom. The van der Waals surface area contributed by atoms with E-state index in [4.69, 9.17) is 11.6 Å². The Bertz CT molecular complexity index is 342. The fraction of sp³-hybridized carbons (Fsp3) is 0.556. The number of halogens is 1. The lowest BCUT2D eigenvalue weighted by Gasteiger charge is -2.26. The first-order valence-electron chi connectivity index (χ1n) is 4.69. The van der Waals surface area contributed by atoms with E-state index in [-0.39, 0.29) is 0 Å². The molecule has 2 atom stereocenters. The van der Waals surface area contributed by atoms with E-state index in [0.717, 1.165) is 17.7 Å². The quantitative estimate of drug-likeness (QED) is 0.732. The zero-order chi connectivity index (χ0) is 9.54. The minimum absolute atomic E-state index is 0.604. The Morgan fingerprint density at radius 2 is 2.21 bits per heavy atom. The number of rotatable bonds is 1. The van der Waals surface area contributed by atoms with Crippen LogP contribution in [0.25, 0.3) is 0 Å². The molecule has 0 aliphatic carbocycles. The van der Waals surface area contributed by atoms with Crippen molar-refractivity contribution in [2.24, 2.45) is 0 Å². The molecule has 0 N–H and O–H groups in total. The molecule has 14 heavy (non-hydrogen) atoms. The van der Waals surface area contributed by atoms with Gasteiger partial charge < -0.3 is 4.90 Å². The highest BCUT2D eigenvalue weighted by molar-refractivity contribution is 8.00. The molecular formula is C9H10ClN3S. The lowest BCUT2D eigenvalue weighted by atomic mass is 10.2. The molecule has 74 valence electrons. The lowest BCUT2D eigenvalue weighted by molar-refractivity contribution is 0.738. The summed E-state index contributed by atoms with van der Waals surface area (Å²) in [5.41, 5.74) is 0. The molecule has 0 amide bonds. The monoisotopic (exact) mass is 227 g/mol. The third-order valence-corrected chi connectivity index (χ3v) is 4.35. The summed E-state index contributed by atoms with van der Waals surface area (Å²) >= 11 is 7.82. The van der Waals surface area contributed by atoms with Gasteiger partial charge in [0.25, 0.3) is 0 Å². The molecule has 0 unspecified atom stereocenters. The van der Waals surface area contributed by atoms with Crippen LogP contribution in [0.3, 0.4) is 0 Å². The van der Waals surface area contributed by atoms with Gasteiger partial charge in [-0.05, 0) is 6.42 Å². The predicted molar refractivity (Wildman–Crippen MR) is 59.0 cm³/mol. The van der Waals surface area contributed by atoms with Crippen LogP contribution in [0.4, 0.5) is 5.95 Å². The van der Waals surface area contributed by atoms with E-state index in [1.807, 2.05) is 0 Å². The van der Waals surface area contributed by atoms with Gasteiger partial charge in [0.2, 0.25) is 5.95 Å². The summed E-state index contributed by atoms with van der Waals surface area (Å²) in [6.07, 6.45) is 4.63. The van der Waals surface area contributed by atoms with Crippen molar-refractivity contribution in [2.45, 2.75) is 17.7 Å². The zero-order valence-electron chi connectivity index (χ0n) is 7.56. The maximum absolute atomic E-state index is 5.75. The van der Waals surface area contributed by atoms with Gasteiger partial charge in [0, 0.05) is 23.6 Å². The summed E-state index contributed by atoms with van der Waals surface area (Å²) in [6.45, 7) is 1.09. The molecule has 1 aromatic heterocycles. The van der Waals surface area contributed by atoms with Crippen molar-refractivity contribution < 1.29 is 0 Å². The topological polar surface area (TPSA) is 29.0 Å². The molecule has 2 saturated heterocycles. The Labute approximate surface area is 91.9 Å². The number of anilines is 1. The third kappa shape index (κ3) is 1.37. The zero-order valence-corrected chi connectivity index (χ0v) is 9.13. The van der Waals surface area contributed by atoms with Gasteiger partial charge in [-0.25, -0.2) is 9.97 Å². The normalized spacial score (nSPS) is 29.9. The van der Waals surface area contributed by atoms with Gasteiger partial charge in [-0.2, -0.15) is 11.8 Å². The minimum Gasteiger partial charge on any atom is -0.336 e. The summed E-state index contributed by atoms with van der Waals surface area (Å²) in [6, 6.07) is 0.645. The number of aromatic nitrogens is 2. The molecule has 3 nitrogen and oxygen atoms in total. The van der Waals surface area contributed by atoms with Crippen LogP contribution >= 0.6 is 23.4 Å². The standard InChI is InChI=1S/C9H10ClN3S/c10-6-2-11-9(12-3-6)13-4-8-1-7(13)5-14-8/h2-3,7-8H,1,4-5H2/t7-,8+/m0/s1. The smallest absolute Gasteiger partial charge is 0.225 e. The van der Waals surface area contributed by atoms with E-state index in [1.165, 1.54) is 12.2 Å². The fourth-order valence-corrected chi connectivity index (χ4v) is 3.63. The molecule has 3 rings (SSSR count). The van der Waals surface area contributed by atoms with Gasteiger partial charge >= 0.3 is 0 Å². The van der Waals surface area contributed by atoms with Crippen LogP contribution in [0.15, 0.2) is 12.4 Å². The van der Waals surface area contributed by atoms with Crippen molar-refractivity contribution in [1.29, 1.82) is 0 Å². The Balaban J connectivity index is 1.86. The maximum atomic E-state index is 5.75. The summed E-state index contributed by atoms with van der Waals surface area (Å²) < 4.78 is 0. The largest absolute Gasteiger partial charge is 0.336 e. The number of thioether (sulfide) groups is 1. The Kier molecular flexibility index (Phi) is 2.06. The van der Waals surface area contributed by atoms with Gasteiger partial charge in [0.15, 0.2) is 0 Å². The summed E-state index contributed by atoms with van der Waals surface area (Å²) in [7, 11) is 0.